The van der Waals surface area contributed by atoms with E-state index in [9.17, 15) is 4.79 Å². The summed E-state index contributed by atoms with van der Waals surface area (Å²) in [4.78, 5) is 15.6. The number of rotatable bonds is 2. The topological polar surface area (TPSA) is 42.0 Å². The van der Waals surface area contributed by atoms with Crippen LogP contribution in [0.5, 0.6) is 0 Å². The number of allylic oxidation sites excluding steroid dienone is 1. The molecule has 0 saturated heterocycles. The van der Waals surface area contributed by atoms with Gasteiger partial charge in [-0.25, -0.2) is 4.98 Å². The number of carbonyl (C=O) groups excluding carboxylic acids is 1. The standard InChI is InChI=1S/C11H9BrN2OS/c1-2-3-10(15)14-11-13-8-5-4-7(12)6-9(8)16-11/h2-6H,1H3,(H,13,14,15)/b3-2+. The minimum absolute atomic E-state index is 0.152. The van der Waals surface area contributed by atoms with Crippen molar-refractivity contribution in [1.82, 2.24) is 4.98 Å². The lowest BCUT2D eigenvalue weighted by Gasteiger charge is -1.93. The van der Waals surface area contributed by atoms with Crippen molar-refractivity contribution < 1.29 is 4.79 Å². The number of nitrogens with zero attached hydrogens (tertiary/aromatic N) is 1. The highest BCUT2D eigenvalue weighted by Crippen LogP contribution is 2.28. The largest absolute Gasteiger partial charge is 0.298 e. The molecule has 2 aromatic rings. The summed E-state index contributed by atoms with van der Waals surface area (Å²) in [5.74, 6) is -0.152. The molecule has 0 spiro atoms. The summed E-state index contributed by atoms with van der Waals surface area (Å²) in [5, 5.41) is 3.34. The van der Waals surface area contributed by atoms with Crippen molar-refractivity contribution in [2.45, 2.75) is 6.92 Å². The Bertz CT molecular complexity index is 562. The van der Waals surface area contributed by atoms with Gasteiger partial charge in [0.05, 0.1) is 10.2 Å². The smallest absolute Gasteiger partial charge is 0.249 e. The van der Waals surface area contributed by atoms with Crippen LogP contribution in [-0.2, 0) is 4.79 Å². The van der Waals surface area contributed by atoms with E-state index in [1.165, 1.54) is 17.4 Å². The van der Waals surface area contributed by atoms with Crippen LogP contribution in [0.1, 0.15) is 6.92 Å². The number of thiazole rings is 1. The second-order valence-electron chi connectivity index (χ2n) is 3.12. The van der Waals surface area contributed by atoms with E-state index in [4.69, 9.17) is 0 Å². The van der Waals surface area contributed by atoms with Gasteiger partial charge in [-0.1, -0.05) is 33.3 Å². The first-order chi connectivity index (χ1) is 7.69. The van der Waals surface area contributed by atoms with Crippen LogP contribution in [0.3, 0.4) is 0 Å². The normalized spacial score (nSPS) is 11.1. The fraction of sp³-hybridized carbons (Fsp3) is 0.0909. The van der Waals surface area contributed by atoms with Crippen LogP contribution in [0, 0.1) is 0 Å². The molecule has 5 heteroatoms. The van der Waals surface area contributed by atoms with E-state index in [0.29, 0.717) is 5.13 Å². The summed E-state index contributed by atoms with van der Waals surface area (Å²) in [5.41, 5.74) is 0.893. The average molecular weight is 297 g/mol. The lowest BCUT2D eigenvalue weighted by atomic mass is 10.3. The highest BCUT2D eigenvalue weighted by molar-refractivity contribution is 9.10. The van der Waals surface area contributed by atoms with Crippen molar-refractivity contribution in [3.63, 3.8) is 0 Å². The Morgan fingerprint density at radius 2 is 2.38 bits per heavy atom. The summed E-state index contributed by atoms with van der Waals surface area (Å²) in [6.07, 6.45) is 3.17. The fourth-order valence-corrected chi connectivity index (χ4v) is 2.67. The summed E-state index contributed by atoms with van der Waals surface area (Å²) < 4.78 is 2.06. The predicted octanol–water partition coefficient (Wildman–Crippen LogP) is 3.57. The molecule has 82 valence electrons. The molecular weight excluding hydrogens is 288 g/mol. The van der Waals surface area contributed by atoms with Crippen molar-refractivity contribution in [1.29, 1.82) is 0 Å². The molecule has 0 unspecified atom stereocenters. The highest BCUT2D eigenvalue weighted by Gasteiger charge is 2.05. The molecule has 1 amide bonds. The van der Waals surface area contributed by atoms with Crippen molar-refractivity contribution in [2.75, 3.05) is 5.32 Å². The molecule has 0 atom stereocenters. The molecule has 1 aromatic heterocycles. The van der Waals surface area contributed by atoms with Gasteiger partial charge in [-0.3, -0.25) is 10.1 Å². The molecule has 1 aromatic carbocycles. The predicted molar refractivity (Wildman–Crippen MR) is 70.8 cm³/mol. The zero-order valence-corrected chi connectivity index (χ0v) is 10.9. The second-order valence-corrected chi connectivity index (χ2v) is 5.07. The van der Waals surface area contributed by atoms with Gasteiger partial charge in [0.25, 0.3) is 0 Å². The van der Waals surface area contributed by atoms with E-state index in [1.54, 1.807) is 13.0 Å². The van der Waals surface area contributed by atoms with Crippen molar-refractivity contribution in [2.24, 2.45) is 0 Å². The highest BCUT2D eigenvalue weighted by atomic mass is 79.9. The molecule has 0 aliphatic rings. The molecule has 1 heterocycles. The van der Waals surface area contributed by atoms with Crippen LogP contribution >= 0.6 is 27.3 Å². The van der Waals surface area contributed by atoms with Gasteiger partial charge >= 0.3 is 0 Å². The molecular formula is C11H9BrN2OS. The maximum absolute atomic E-state index is 11.3. The number of halogens is 1. The summed E-state index contributed by atoms with van der Waals surface area (Å²) >= 11 is 4.86. The molecule has 0 aliphatic carbocycles. The number of hydrogen-bond acceptors (Lipinski definition) is 3. The monoisotopic (exact) mass is 296 g/mol. The van der Waals surface area contributed by atoms with E-state index in [1.807, 2.05) is 18.2 Å². The zero-order valence-electron chi connectivity index (χ0n) is 8.53. The number of hydrogen-bond donors (Lipinski definition) is 1. The number of amides is 1. The number of benzene rings is 1. The number of carbonyl (C=O) groups is 1. The van der Waals surface area contributed by atoms with Crippen LogP contribution < -0.4 is 5.32 Å². The van der Waals surface area contributed by atoms with Crippen molar-refractivity contribution in [3.8, 4) is 0 Å². The Hall–Kier alpha value is -1.20. The zero-order chi connectivity index (χ0) is 11.5. The van der Waals surface area contributed by atoms with Crippen LogP contribution in [0.25, 0.3) is 10.2 Å². The Morgan fingerprint density at radius 1 is 1.56 bits per heavy atom. The summed E-state index contributed by atoms with van der Waals surface area (Å²) in [6, 6.07) is 5.83. The van der Waals surface area contributed by atoms with Gasteiger partial charge in [-0.2, -0.15) is 0 Å². The van der Waals surface area contributed by atoms with Gasteiger partial charge in [0.1, 0.15) is 0 Å². The molecule has 3 nitrogen and oxygen atoms in total. The van der Waals surface area contributed by atoms with Gasteiger partial charge in [0.2, 0.25) is 5.91 Å². The summed E-state index contributed by atoms with van der Waals surface area (Å²) in [7, 11) is 0. The first kappa shape index (κ1) is 11.3. The van der Waals surface area contributed by atoms with Gasteiger partial charge < -0.3 is 0 Å². The number of anilines is 1. The third kappa shape index (κ3) is 2.48. The van der Waals surface area contributed by atoms with Crippen LogP contribution in [-0.4, -0.2) is 10.9 Å². The minimum atomic E-state index is -0.152. The van der Waals surface area contributed by atoms with Crippen LogP contribution in [0.15, 0.2) is 34.8 Å². The van der Waals surface area contributed by atoms with Crippen LogP contribution in [0.4, 0.5) is 5.13 Å². The minimum Gasteiger partial charge on any atom is -0.298 e. The van der Waals surface area contributed by atoms with E-state index < -0.39 is 0 Å². The first-order valence-electron chi connectivity index (χ1n) is 4.69. The number of nitrogens with one attached hydrogen (secondary N) is 1. The number of fused-ring (bicyclic) bond motifs is 1. The molecule has 0 bridgehead atoms. The van der Waals surface area contributed by atoms with E-state index in [0.717, 1.165) is 14.7 Å². The van der Waals surface area contributed by atoms with Gasteiger partial charge in [0.15, 0.2) is 5.13 Å². The number of aromatic nitrogens is 1. The van der Waals surface area contributed by atoms with Gasteiger partial charge in [-0.15, -0.1) is 0 Å². The SMILES string of the molecule is C/C=C/C(=O)Nc1nc2ccc(Br)cc2s1. The lowest BCUT2D eigenvalue weighted by molar-refractivity contribution is -0.111. The Kier molecular flexibility index (Phi) is 3.36. The Labute approximate surface area is 105 Å². The average Bonchev–Trinajstić information content (AvgIpc) is 2.59. The van der Waals surface area contributed by atoms with Crippen LogP contribution in [0.2, 0.25) is 0 Å². The Morgan fingerprint density at radius 3 is 3.12 bits per heavy atom. The fourth-order valence-electron chi connectivity index (χ4n) is 1.25. The summed E-state index contributed by atoms with van der Waals surface area (Å²) in [6.45, 7) is 1.80. The van der Waals surface area contributed by atoms with E-state index >= 15 is 0 Å². The molecule has 1 N–H and O–H groups in total. The van der Waals surface area contributed by atoms with Gasteiger partial charge in [-0.05, 0) is 31.2 Å². The molecule has 2 rings (SSSR count). The van der Waals surface area contributed by atoms with Crippen molar-refractivity contribution in [3.05, 3.63) is 34.8 Å². The quantitative estimate of drug-likeness (QED) is 0.861. The van der Waals surface area contributed by atoms with E-state index in [2.05, 4.69) is 26.2 Å². The molecule has 0 radical (unpaired) electrons. The molecule has 16 heavy (non-hydrogen) atoms. The second kappa shape index (κ2) is 4.76. The molecule has 0 aliphatic heterocycles. The molecule has 0 saturated carbocycles. The first-order valence-corrected chi connectivity index (χ1v) is 6.30. The van der Waals surface area contributed by atoms with Crippen molar-refractivity contribution >= 4 is 48.5 Å². The van der Waals surface area contributed by atoms with Gasteiger partial charge in [0, 0.05) is 4.47 Å². The maximum atomic E-state index is 11.3. The maximum Gasteiger partial charge on any atom is 0.249 e. The molecule has 0 fully saturated rings. The lowest BCUT2D eigenvalue weighted by Crippen LogP contribution is -2.06. The third-order valence-corrected chi connectivity index (χ3v) is 3.33. The third-order valence-electron chi connectivity index (χ3n) is 1.90. The Balaban J connectivity index is 2.29. The van der Waals surface area contributed by atoms with E-state index in [-0.39, 0.29) is 5.91 Å².